The Bertz CT molecular complexity index is 664. The lowest BCUT2D eigenvalue weighted by molar-refractivity contribution is -0.139. The van der Waals surface area contributed by atoms with Crippen molar-refractivity contribution in [3.05, 3.63) is 24.3 Å². The summed E-state index contributed by atoms with van der Waals surface area (Å²) in [5.41, 5.74) is 1.22. The Labute approximate surface area is 180 Å². The number of carbonyl (C=O) groups excluding carboxylic acids is 2. The number of anilines is 1. The Morgan fingerprint density at radius 2 is 1.63 bits per heavy atom. The summed E-state index contributed by atoms with van der Waals surface area (Å²) < 4.78 is 5.22. The smallest absolute Gasteiger partial charge is 0.309 e. The second kappa shape index (κ2) is 11.8. The predicted octanol–water partition coefficient (Wildman–Crippen LogP) is 2.16. The van der Waals surface area contributed by atoms with Crippen molar-refractivity contribution in [1.29, 1.82) is 0 Å². The average Bonchev–Trinajstić information content (AvgIpc) is 3.05. The molecule has 1 aliphatic carbocycles. The first-order chi connectivity index (χ1) is 14.7. The zero-order valence-electron chi connectivity index (χ0n) is 18.2. The van der Waals surface area contributed by atoms with Crippen LogP contribution in [0, 0.1) is 0 Å². The maximum absolute atomic E-state index is 12.1. The topological polar surface area (TPSA) is 73.9 Å². The van der Waals surface area contributed by atoms with Gasteiger partial charge in [-0.2, -0.15) is 0 Å². The molecule has 3 rings (SSSR count). The largest absolute Gasteiger partial charge is 0.497 e. The molecule has 0 spiro atoms. The van der Waals surface area contributed by atoms with Gasteiger partial charge in [0.05, 0.1) is 7.11 Å². The molecule has 30 heavy (non-hydrogen) atoms. The second-order valence-corrected chi connectivity index (χ2v) is 8.30. The monoisotopic (exact) mass is 416 g/mol. The fourth-order valence-electron chi connectivity index (χ4n) is 4.28. The highest BCUT2D eigenvalue weighted by molar-refractivity contribution is 6.35. The Morgan fingerprint density at radius 1 is 0.967 bits per heavy atom. The molecular formula is C23H36N4O3. The molecule has 1 aliphatic heterocycles. The summed E-state index contributed by atoms with van der Waals surface area (Å²) in [4.78, 5) is 28.9. The van der Waals surface area contributed by atoms with Gasteiger partial charge in [0.2, 0.25) is 0 Å². The van der Waals surface area contributed by atoms with Crippen molar-refractivity contribution < 1.29 is 14.3 Å². The standard InChI is InChI=1S/C23H36N4O3/c1-30-21-11-9-20(10-12-21)27-17-15-26(16-18-27)14-6-13-24-22(28)23(29)25-19-7-4-2-3-5-8-19/h9-12,19H,2-8,13-18H2,1H3,(H,24,28)(H,25,29). The quantitative estimate of drug-likeness (QED) is 0.405. The Hall–Kier alpha value is -2.28. The van der Waals surface area contributed by atoms with Crippen LogP contribution < -0.4 is 20.3 Å². The van der Waals surface area contributed by atoms with Crippen LogP contribution in [0.15, 0.2) is 24.3 Å². The molecule has 0 radical (unpaired) electrons. The van der Waals surface area contributed by atoms with Crippen LogP contribution in [-0.4, -0.2) is 69.1 Å². The van der Waals surface area contributed by atoms with Crippen molar-refractivity contribution in [2.75, 3.05) is 51.3 Å². The Balaban J connectivity index is 1.28. The zero-order valence-corrected chi connectivity index (χ0v) is 18.2. The molecule has 1 saturated heterocycles. The first kappa shape index (κ1) is 22.4. The molecule has 0 bridgehead atoms. The SMILES string of the molecule is COc1ccc(N2CCN(CCCNC(=O)C(=O)NC3CCCCCC3)CC2)cc1. The number of benzene rings is 1. The van der Waals surface area contributed by atoms with Crippen molar-refractivity contribution in [3.63, 3.8) is 0 Å². The van der Waals surface area contributed by atoms with Gasteiger partial charge in [0.1, 0.15) is 5.75 Å². The van der Waals surface area contributed by atoms with Crippen LogP contribution in [0.1, 0.15) is 44.9 Å². The molecule has 2 fully saturated rings. The van der Waals surface area contributed by atoms with E-state index in [4.69, 9.17) is 4.74 Å². The molecule has 2 aliphatic rings. The van der Waals surface area contributed by atoms with Gasteiger partial charge in [0, 0.05) is 44.5 Å². The van der Waals surface area contributed by atoms with E-state index in [0.717, 1.165) is 70.6 Å². The van der Waals surface area contributed by atoms with E-state index in [9.17, 15) is 9.59 Å². The van der Waals surface area contributed by atoms with Crippen molar-refractivity contribution in [2.24, 2.45) is 0 Å². The molecule has 7 heteroatoms. The highest BCUT2D eigenvalue weighted by Crippen LogP contribution is 2.20. The van der Waals surface area contributed by atoms with Crippen molar-refractivity contribution >= 4 is 17.5 Å². The minimum Gasteiger partial charge on any atom is -0.497 e. The first-order valence-corrected chi connectivity index (χ1v) is 11.4. The van der Waals surface area contributed by atoms with E-state index < -0.39 is 11.8 Å². The van der Waals surface area contributed by atoms with E-state index in [0.29, 0.717) is 6.54 Å². The third kappa shape index (κ3) is 6.90. The highest BCUT2D eigenvalue weighted by atomic mass is 16.5. The zero-order chi connectivity index (χ0) is 21.2. The molecule has 0 atom stereocenters. The van der Waals surface area contributed by atoms with Crippen LogP contribution in [0.4, 0.5) is 5.69 Å². The van der Waals surface area contributed by atoms with E-state index in [2.05, 4.69) is 32.6 Å². The third-order valence-corrected chi connectivity index (χ3v) is 6.14. The number of piperazine rings is 1. The Morgan fingerprint density at radius 3 is 2.27 bits per heavy atom. The van der Waals surface area contributed by atoms with Gasteiger partial charge < -0.3 is 20.3 Å². The molecule has 0 unspecified atom stereocenters. The minimum absolute atomic E-state index is 0.160. The number of hydrogen-bond donors (Lipinski definition) is 2. The number of amides is 2. The van der Waals surface area contributed by atoms with Crippen LogP contribution in [0.2, 0.25) is 0 Å². The number of methoxy groups -OCH3 is 1. The van der Waals surface area contributed by atoms with E-state index in [1.807, 2.05) is 12.1 Å². The summed E-state index contributed by atoms with van der Waals surface area (Å²) in [5.74, 6) is -0.0964. The molecule has 1 saturated carbocycles. The molecule has 166 valence electrons. The molecule has 1 heterocycles. The number of nitrogens with one attached hydrogen (secondary N) is 2. The first-order valence-electron chi connectivity index (χ1n) is 11.4. The predicted molar refractivity (Wildman–Crippen MR) is 119 cm³/mol. The van der Waals surface area contributed by atoms with Crippen LogP contribution in [0.3, 0.4) is 0 Å². The van der Waals surface area contributed by atoms with Crippen LogP contribution in [0.5, 0.6) is 5.75 Å². The Kier molecular flexibility index (Phi) is 8.81. The van der Waals surface area contributed by atoms with Gasteiger partial charge in [0.15, 0.2) is 0 Å². The van der Waals surface area contributed by atoms with Gasteiger partial charge in [-0.3, -0.25) is 14.5 Å². The molecule has 1 aromatic rings. The second-order valence-electron chi connectivity index (χ2n) is 8.30. The summed E-state index contributed by atoms with van der Waals surface area (Å²) in [7, 11) is 1.68. The highest BCUT2D eigenvalue weighted by Gasteiger charge is 2.20. The number of hydrogen-bond acceptors (Lipinski definition) is 5. The van der Waals surface area contributed by atoms with E-state index in [1.165, 1.54) is 18.5 Å². The van der Waals surface area contributed by atoms with Crippen molar-refractivity contribution in [2.45, 2.75) is 51.0 Å². The van der Waals surface area contributed by atoms with Gasteiger partial charge in [0.25, 0.3) is 0 Å². The number of carbonyl (C=O) groups is 2. The normalized spacial score (nSPS) is 18.5. The maximum atomic E-state index is 12.1. The maximum Gasteiger partial charge on any atom is 0.309 e. The molecule has 0 aromatic heterocycles. The van der Waals surface area contributed by atoms with Gasteiger partial charge in [-0.15, -0.1) is 0 Å². The average molecular weight is 417 g/mol. The minimum atomic E-state index is -0.497. The number of rotatable bonds is 7. The fraction of sp³-hybridized carbons (Fsp3) is 0.652. The summed E-state index contributed by atoms with van der Waals surface area (Å²) in [5, 5.41) is 5.67. The molecule has 2 N–H and O–H groups in total. The summed E-state index contributed by atoms with van der Waals surface area (Å²) in [6.45, 7) is 5.45. The van der Waals surface area contributed by atoms with Crippen LogP contribution in [-0.2, 0) is 9.59 Å². The number of ether oxygens (including phenoxy) is 1. The van der Waals surface area contributed by atoms with E-state index in [1.54, 1.807) is 7.11 Å². The van der Waals surface area contributed by atoms with Gasteiger partial charge >= 0.3 is 11.8 Å². The molecule has 2 amide bonds. The molecule has 7 nitrogen and oxygen atoms in total. The molecule has 1 aromatic carbocycles. The lowest BCUT2D eigenvalue weighted by Crippen LogP contribution is -2.47. The van der Waals surface area contributed by atoms with E-state index >= 15 is 0 Å². The summed E-state index contributed by atoms with van der Waals surface area (Å²) in [6.07, 6.45) is 7.56. The lowest BCUT2D eigenvalue weighted by Gasteiger charge is -2.36. The van der Waals surface area contributed by atoms with Crippen LogP contribution in [0.25, 0.3) is 0 Å². The van der Waals surface area contributed by atoms with Crippen molar-refractivity contribution in [1.82, 2.24) is 15.5 Å². The third-order valence-electron chi connectivity index (χ3n) is 6.14. The van der Waals surface area contributed by atoms with Gasteiger partial charge in [-0.25, -0.2) is 0 Å². The van der Waals surface area contributed by atoms with Crippen molar-refractivity contribution in [3.8, 4) is 5.75 Å². The van der Waals surface area contributed by atoms with Crippen LogP contribution >= 0.6 is 0 Å². The fourth-order valence-corrected chi connectivity index (χ4v) is 4.28. The summed E-state index contributed by atoms with van der Waals surface area (Å²) >= 11 is 0. The summed E-state index contributed by atoms with van der Waals surface area (Å²) in [6, 6.07) is 8.36. The van der Waals surface area contributed by atoms with Gasteiger partial charge in [-0.05, 0) is 50.1 Å². The molecular weight excluding hydrogens is 380 g/mol. The van der Waals surface area contributed by atoms with Gasteiger partial charge in [-0.1, -0.05) is 25.7 Å². The lowest BCUT2D eigenvalue weighted by atomic mass is 10.1. The van der Waals surface area contributed by atoms with E-state index in [-0.39, 0.29) is 6.04 Å². The number of nitrogens with zero attached hydrogens (tertiary/aromatic N) is 2.